The van der Waals surface area contributed by atoms with Crippen molar-refractivity contribution in [3.05, 3.63) is 85.6 Å². The van der Waals surface area contributed by atoms with Crippen molar-refractivity contribution in [2.24, 2.45) is 0 Å². The maximum atomic E-state index is 13.4. The molecule has 1 atom stereocenters. The first-order chi connectivity index (χ1) is 16.9. The Bertz CT molecular complexity index is 1500. The maximum absolute atomic E-state index is 13.4. The van der Waals surface area contributed by atoms with E-state index < -0.39 is 17.7 Å². The van der Waals surface area contributed by atoms with Gasteiger partial charge in [0.1, 0.15) is 11.8 Å². The molecule has 1 amide bonds. The SMILES string of the molecule is Cc1cc2sc(N3C(=O)C(=O)/C(=C(/O)c4ccc5c(c4)CCCC5)C3c3cccs3)nc2cc1Cl. The molecule has 2 aromatic carbocycles. The van der Waals surface area contributed by atoms with E-state index in [-0.39, 0.29) is 11.3 Å². The summed E-state index contributed by atoms with van der Waals surface area (Å²) in [5.41, 5.74) is 4.73. The number of fused-ring (bicyclic) bond motifs is 2. The Labute approximate surface area is 215 Å². The average molecular weight is 521 g/mol. The number of nitrogens with zero attached hydrogens (tertiary/aromatic N) is 2. The molecule has 0 bridgehead atoms. The van der Waals surface area contributed by atoms with Crippen LogP contribution in [0.25, 0.3) is 16.0 Å². The Kier molecular flexibility index (Phi) is 5.51. The summed E-state index contributed by atoms with van der Waals surface area (Å²) in [5, 5.41) is 14.3. The number of aryl methyl sites for hydroxylation is 3. The number of Topliss-reactive ketones (excluding diaryl/α,β-unsaturated/α-hetero) is 1. The molecule has 1 N–H and O–H groups in total. The molecule has 6 rings (SSSR count). The van der Waals surface area contributed by atoms with Gasteiger partial charge in [0.05, 0.1) is 15.8 Å². The van der Waals surface area contributed by atoms with Crippen molar-refractivity contribution in [3.63, 3.8) is 0 Å². The number of hydrogen-bond donors (Lipinski definition) is 1. The number of benzene rings is 2. The highest BCUT2D eigenvalue weighted by atomic mass is 35.5. The van der Waals surface area contributed by atoms with Crippen LogP contribution in [0, 0.1) is 6.92 Å². The highest BCUT2D eigenvalue weighted by molar-refractivity contribution is 7.22. The predicted octanol–water partition coefficient (Wildman–Crippen LogP) is 6.82. The van der Waals surface area contributed by atoms with E-state index in [0.717, 1.165) is 40.8 Å². The summed E-state index contributed by atoms with van der Waals surface area (Å²) in [5.74, 6) is -1.53. The summed E-state index contributed by atoms with van der Waals surface area (Å²) in [4.78, 5) is 33.6. The molecule has 4 aromatic rings. The number of halogens is 1. The summed E-state index contributed by atoms with van der Waals surface area (Å²) in [6.45, 7) is 1.91. The number of aliphatic hydroxyl groups is 1. The van der Waals surface area contributed by atoms with E-state index >= 15 is 0 Å². The molecule has 1 fully saturated rings. The van der Waals surface area contributed by atoms with Crippen LogP contribution in [-0.2, 0) is 22.4 Å². The van der Waals surface area contributed by atoms with Gasteiger partial charge in [-0.15, -0.1) is 11.3 Å². The molecule has 2 aliphatic rings. The molecule has 0 radical (unpaired) electrons. The highest BCUT2D eigenvalue weighted by Crippen LogP contribution is 2.46. The zero-order valence-corrected chi connectivity index (χ0v) is 21.3. The average Bonchev–Trinajstić information content (AvgIpc) is 3.58. The van der Waals surface area contributed by atoms with E-state index in [4.69, 9.17) is 11.6 Å². The number of carbonyl (C=O) groups is 2. The normalized spacial score (nSPS) is 19.5. The predicted molar refractivity (Wildman–Crippen MR) is 142 cm³/mol. The third kappa shape index (κ3) is 3.69. The van der Waals surface area contributed by atoms with Gasteiger partial charge < -0.3 is 5.11 Å². The molecule has 0 spiro atoms. The van der Waals surface area contributed by atoms with Gasteiger partial charge in [0.15, 0.2) is 5.13 Å². The molecule has 1 aliphatic carbocycles. The number of amides is 1. The van der Waals surface area contributed by atoms with Crippen molar-refractivity contribution < 1.29 is 14.7 Å². The first-order valence-corrected chi connectivity index (χ1v) is 13.5. The van der Waals surface area contributed by atoms with E-state index in [2.05, 4.69) is 4.98 Å². The van der Waals surface area contributed by atoms with Gasteiger partial charge in [-0.2, -0.15) is 0 Å². The Hall–Kier alpha value is -3.00. The van der Waals surface area contributed by atoms with Crippen LogP contribution in [0.1, 0.15) is 46.0 Å². The van der Waals surface area contributed by atoms with Crippen molar-refractivity contribution in [1.29, 1.82) is 0 Å². The first-order valence-electron chi connectivity index (χ1n) is 11.5. The molecule has 0 saturated carbocycles. The smallest absolute Gasteiger partial charge is 0.301 e. The highest BCUT2D eigenvalue weighted by Gasteiger charge is 2.48. The zero-order chi connectivity index (χ0) is 24.3. The number of aliphatic hydroxyl groups excluding tert-OH is 1. The van der Waals surface area contributed by atoms with Crippen molar-refractivity contribution in [2.45, 2.75) is 38.6 Å². The molecule has 5 nitrogen and oxygen atoms in total. The molecule has 35 heavy (non-hydrogen) atoms. The standard InChI is InChI=1S/C27H21ClN2O3S2/c1-14-11-21-19(13-18(14)28)29-27(35-21)30-23(20-7-4-10-34-20)22(25(32)26(30)33)24(31)17-9-8-15-5-2-3-6-16(15)12-17/h4,7-13,23,31H,2-3,5-6H2,1H3/b24-22+. The minimum Gasteiger partial charge on any atom is -0.507 e. The second-order valence-electron chi connectivity index (χ2n) is 8.94. The van der Waals surface area contributed by atoms with E-state index in [9.17, 15) is 14.7 Å². The van der Waals surface area contributed by atoms with Gasteiger partial charge in [0, 0.05) is 15.5 Å². The Morgan fingerprint density at radius 1 is 1.11 bits per heavy atom. The summed E-state index contributed by atoms with van der Waals surface area (Å²) in [6.07, 6.45) is 4.25. The minimum atomic E-state index is -0.747. The largest absolute Gasteiger partial charge is 0.507 e. The van der Waals surface area contributed by atoms with E-state index in [1.165, 1.54) is 38.7 Å². The molecule has 1 aliphatic heterocycles. The number of thiophene rings is 1. The van der Waals surface area contributed by atoms with Crippen molar-refractivity contribution in [1.82, 2.24) is 4.98 Å². The van der Waals surface area contributed by atoms with Crippen LogP contribution in [-0.4, -0.2) is 21.8 Å². The van der Waals surface area contributed by atoms with Crippen LogP contribution in [0.5, 0.6) is 0 Å². The zero-order valence-electron chi connectivity index (χ0n) is 18.9. The summed E-state index contributed by atoms with van der Waals surface area (Å²) < 4.78 is 0.878. The molecule has 1 saturated heterocycles. The molecule has 176 valence electrons. The second-order valence-corrected chi connectivity index (χ2v) is 11.3. The number of ketones is 1. The lowest BCUT2D eigenvalue weighted by Crippen LogP contribution is -2.28. The minimum absolute atomic E-state index is 0.0988. The van der Waals surface area contributed by atoms with Crippen LogP contribution in [0.4, 0.5) is 5.13 Å². The first kappa shape index (κ1) is 22.5. The van der Waals surface area contributed by atoms with Crippen LogP contribution in [0.3, 0.4) is 0 Å². The van der Waals surface area contributed by atoms with E-state index in [1.807, 2.05) is 48.7 Å². The summed E-state index contributed by atoms with van der Waals surface area (Å²) >= 11 is 9.07. The van der Waals surface area contributed by atoms with Crippen LogP contribution in [0.2, 0.25) is 5.02 Å². The molecule has 3 heterocycles. The number of aromatic nitrogens is 1. The quantitative estimate of drug-likeness (QED) is 0.183. The number of hydrogen-bond acceptors (Lipinski definition) is 6. The Morgan fingerprint density at radius 2 is 1.91 bits per heavy atom. The van der Waals surface area contributed by atoms with Gasteiger partial charge in [0.25, 0.3) is 5.78 Å². The van der Waals surface area contributed by atoms with Crippen molar-refractivity contribution in [2.75, 3.05) is 4.90 Å². The fraction of sp³-hybridized carbons (Fsp3) is 0.222. The number of rotatable bonds is 3. The maximum Gasteiger partial charge on any atom is 0.301 e. The van der Waals surface area contributed by atoms with Crippen molar-refractivity contribution >= 4 is 67.1 Å². The fourth-order valence-corrected chi connectivity index (χ4v) is 6.98. The summed E-state index contributed by atoms with van der Waals surface area (Å²) in [6, 6.07) is 12.6. The topological polar surface area (TPSA) is 70.5 Å². The van der Waals surface area contributed by atoms with E-state index in [0.29, 0.717) is 21.2 Å². The lowest BCUT2D eigenvalue weighted by atomic mass is 9.89. The molecule has 1 unspecified atom stereocenters. The Morgan fingerprint density at radius 3 is 2.69 bits per heavy atom. The van der Waals surface area contributed by atoms with Gasteiger partial charge in [-0.3, -0.25) is 14.5 Å². The third-order valence-electron chi connectivity index (χ3n) is 6.74. The molecule has 2 aromatic heterocycles. The van der Waals surface area contributed by atoms with E-state index in [1.54, 1.807) is 6.07 Å². The third-order valence-corrected chi connectivity index (χ3v) is 9.09. The van der Waals surface area contributed by atoms with Gasteiger partial charge in [-0.1, -0.05) is 41.1 Å². The monoisotopic (exact) mass is 520 g/mol. The lowest BCUT2D eigenvalue weighted by molar-refractivity contribution is -0.132. The van der Waals surface area contributed by atoms with Gasteiger partial charge in [0.2, 0.25) is 0 Å². The molecule has 8 heteroatoms. The number of carbonyl (C=O) groups excluding carboxylic acids is 2. The number of thiazole rings is 1. The van der Waals surface area contributed by atoms with Crippen LogP contribution in [0.15, 0.2) is 53.4 Å². The van der Waals surface area contributed by atoms with Gasteiger partial charge in [-0.05, 0) is 78.9 Å². The number of anilines is 1. The second kappa shape index (κ2) is 8.59. The Balaban J connectivity index is 1.52. The molecular formula is C27H21ClN2O3S2. The summed E-state index contributed by atoms with van der Waals surface area (Å²) in [7, 11) is 0. The lowest BCUT2D eigenvalue weighted by Gasteiger charge is -2.22. The van der Waals surface area contributed by atoms with Gasteiger partial charge in [-0.25, -0.2) is 4.98 Å². The fourth-order valence-electron chi connectivity index (χ4n) is 4.92. The van der Waals surface area contributed by atoms with Crippen LogP contribution < -0.4 is 4.90 Å². The van der Waals surface area contributed by atoms with Crippen LogP contribution >= 0.6 is 34.3 Å². The van der Waals surface area contributed by atoms with Crippen molar-refractivity contribution in [3.8, 4) is 0 Å². The molecular weight excluding hydrogens is 500 g/mol. The van der Waals surface area contributed by atoms with Gasteiger partial charge >= 0.3 is 5.91 Å².